The Kier molecular flexibility index (Phi) is 4.68. The number of rotatable bonds is 5. The highest BCUT2D eigenvalue weighted by molar-refractivity contribution is 6.09. The normalized spacial score (nSPS) is 11.1. The van der Waals surface area contributed by atoms with Gasteiger partial charge in [-0.2, -0.15) is 0 Å². The Bertz CT molecular complexity index is 704. The minimum absolute atomic E-state index is 0.301. The van der Waals surface area contributed by atoms with Gasteiger partial charge in [-0.15, -0.1) is 0 Å². The van der Waals surface area contributed by atoms with E-state index in [1.165, 1.54) is 6.08 Å². The summed E-state index contributed by atoms with van der Waals surface area (Å²) < 4.78 is 0. The van der Waals surface area contributed by atoms with E-state index in [1.54, 1.807) is 42.5 Å². The number of hydrogen-bond acceptors (Lipinski definition) is 4. The third-order valence-electron chi connectivity index (χ3n) is 3.18. The van der Waals surface area contributed by atoms with E-state index in [4.69, 9.17) is 0 Å². The number of benzene rings is 2. The van der Waals surface area contributed by atoms with Crippen molar-refractivity contribution in [3.05, 3.63) is 81.5 Å². The first kappa shape index (κ1) is 15.4. The summed E-state index contributed by atoms with van der Waals surface area (Å²) in [6.45, 7) is 0. The summed E-state index contributed by atoms with van der Waals surface area (Å²) in [4.78, 5) is 24.7. The number of hydrogen-bond donors (Lipinski definition) is 0. The van der Waals surface area contributed by atoms with Gasteiger partial charge >= 0.3 is 5.70 Å². The van der Waals surface area contributed by atoms with Crippen LogP contribution < -0.4 is 4.90 Å². The number of ketones is 1. The zero-order valence-corrected chi connectivity index (χ0v) is 12.4. The monoisotopic (exact) mass is 296 g/mol. The molecule has 0 amide bonds. The lowest BCUT2D eigenvalue weighted by atomic mass is 10.1. The average molecular weight is 296 g/mol. The summed E-state index contributed by atoms with van der Waals surface area (Å²) in [6, 6.07) is 15.4. The lowest BCUT2D eigenvalue weighted by molar-refractivity contribution is -0.415. The first-order chi connectivity index (χ1) is 10.5. The molecule has 0 aliphatic carbocycles. The van der Waals surface area contributed by atoms with Gasteiger partial charge in [0.05, 0.1) is 4.92 Å². The molecule has 0 saturated heterocycles. The van der Waals surface area contributed by atoms with Crippen LogP contribution in [0.2, 0.25) is 0 Å². The molecule has 0 spiro atoms. The van der Waals surface area contributed by atoms with Crippen LogP contribution in [-0.4, -0.2) is 24.8 Å². The minimum atomic E-state index is -0.644. The predicted octanol–water partition coefficient (Wildman–Crippen LogP) is 3.25. The molecule has 0 aliphatic heterocycles. The highest BCUT2D eigenvalue weighted by Crippen LogP contribution is 2.17. The average Bonchev–Trinajstić information content (AvgIpc) is 2.53. The van der Waals surface area contributed by atoms with Crippen molar-refractivity contribution in [3.8, 4) is 0 Å². The maximum atomic E-state index is 12.2. The second kappa shape index (κ2) is 6.67. The van der Waals surface area contributed by atoms with Gasteiger partial charge in [-0.25, -0.2) is 0 Å². The van der Waals surface area contributed by atoms with Crippen molar-refractivity contribution in [2.45, 2.75) is 0 Å². The van der Waals surface area contributed by atoms with Crippen molar-refractivity contribution < 1.29 is 9.72 Å². The number of nitro groups is 1. The molecule has 5 heteroatoms. The largest absolute Gasteiger partial charge is 0.378 e. The fourth-order valence-electron chi connectivity index (χ4n) is 1.97. The van der Waals surface area contributed by atoms with Gasteiger partial charge in [0.1, 0.15) is 0 Å². The molecular formula is C17H16N2O3. The van der Waals surface area contributed by atoms with E-state index in [-0.39, 0.29) is 0 Å². The van der Waals surface area contributed by atoms with Gasteiger partial charge in [-0.3, -0.25) is 14.9 Å². The molecule has 0 unspecified atom stereocenters. The Morgan fingerprint density at radius 2 is 1.64 bits per heavy atom. The Labute approximate surface area is 128 Å². The van der Waals surface area contributed by atoms with Gasteiger partial charge in [0.15, 0.2) is 0 Å². The first-order valence-electron chi connectivity index (χ1n) is 6.72. The maximum absolute atomic E-state index is 12.2. The molecule has 2 aromatic carbocycles. The number of allylic oxidation sites excluding steroid dienone is 1. The van der Waals surface area contributed by atoms with Crippen LogP contribution in [0.3, 0.4) is 0 Å². The fraction of sp³-hybridized carbons (Fsp3) is 0.118. The van der Waals surface area contributed by atoms with Crippen molar-refractivity contribution in [2.24, 2.45) is 0 Å². The smallest absolute Gasteiger partial charge is 0.317 e. The van der Waals surface area contributed by atoms with Crippen LogP contribution in [0, 0.1) is 10.1 Å². The van der Waals surface area contributed by atoms with Crippen LogP contribution >= 0.6 is 0 Å². The second-order valence-electron chi connectivity index (χ2n) is 4.97. The highest BCUT2D eigenvalue weighted by Gasteiger charge is 2.23. The molecule has 0 aromatic heterocycles. The molecular weight excluding hydrogens is 280 g/mol. The van der Waals surface area contributed by atoms with E-state index in [9.17, 15) is 14.9 Å². The minimum Gasteiger partial charge on any atom is -0.378 e. The summed E-state index contributed by atoms with van der Waals surface area (Å²) in [5, 5.41) is 11.2. The first-order valence-corrected chi connectivity index (χ1v) is 6.72. The van der Waals surface area contributed by atoms with Crippen molar-refractivity contribution in [3.63, 3.8) is 0 Å². The summed E-state index contributed by atoms with van der Waals surface area (Å²) in [6.07, 6.45) is 1.30. The molecule has 0 atom stereocenters. The van der Waals surface area contributed by atoms with E-state index >= 15 is 0 Å². The summed E-state index contributed by atoms with van der Waals surface area (Å²) in [7, 11) is 3.82. The number of carbonyl (C=O) groups excluding carboxylic acids is 1. The second-order valence-corrected chi connectivity index (χ2v) is 4.97. The Balaban J connectivity index is 2.35. The molecule has 2 rings (SSSR count). The van der Waals surface area contributed by atoms with Crippen LogP contribution in [0.5, 0.6) is 0 Å². The van der Waals surface area contributed by atoms with E-state index < -0.39 is 16.4 Å². The molecule has 0 aliphatic rings. The van der Waals surface area contributed by atoms with Gasteiger partial charge < -0.3 is 4.90 Å². The van der Waals surface area contributed by atoms with E-state index in [2.05, 4.69) is 0 Å². The number of anilines is 1. The van der Waals surface area contributed by atoms with Crippen LogP contribution in [-0.2, 0) is 0 Å². The zero-order valence-electron chi connectivity index (χ0n) is 12.4. The third-order valence-corrected chi connectivity index (χ3v) is 3.18. The van der Waals surface area contributed by atoms with Gasteiger partial charge in [0.25, 0.3) is 5.78 Å². The van der Waals surface area contributed by atoms with Crippen LogP contribution in [0.25, 0.3) is 6.08 Å². The molecule has 0 N–H and O–H groups in total. The predicted molar refractivity (Wildman–Crippen MR) is 86.5 cm³/mol. The molecule has 0 bridgehead atoms. The van der Waals surface area contributed by atoms with Gasteiger partial charge in [-0.1, -0.05) is 42.5 Å². The van der Waals surface area contributed by atoms with Crippen molar-refractivity contribution in [2.75, 3.05) is 19.0 Å². The highest BCUT2D eigenvalue weighted by atomic mass is 16.6. The summed E-state index contributed by atoms with van der Waals surface area (Å²) >= 11 is 0. The van der Waals surface area contributed by atoms with Crippen LogP contribution in [0.4, 0.5) is 5.69 Å². The van der Waals surface area contributed by atoms with Gasteiger partial charge in [0, 0.05) is 31.4 Å². The Morgan fingerprint density at radius 1 is 1.05 bits per heavy atom. The van der Waals surface area contributed by atoms with E-state index in [0.717, 1.165) is 5.69 Å². The standard InChI is InChI=1S/C17H16N2O3/c1-18(2)15-10-8-13(9-11-15)12-16(19(21)22)17(20)14-6-4-3-5-7-14/h3-12H,1-2H3. The summed E-state index contributed by atoms with van der Waals surface area (Å²) in [5.41, 5.74) is 1.45. The lowest BCUT2D eigenvalue weighted by Gasteiger charge is -2.11. The number of nitrogens with zero attached hydrogens (tertiary/aromatic N) is 2. The molecule has 0 heterocycles. The SMILES string of the molecule is CN(C)c1ccc(C=C(C(=O)c2ccccc2)[N+](=O)[O-])cc1. The topological polar surface area (TPSA) is 63.5 Å². The van der Waals surface area contributed by atoms with Crippen molar-refractivity contribution >= 4 is 17.5 Å². The fourth-order valence-corrected chi connectivity index (χ4v) is 1.97. The molecule has 0 radical (unpaired) electrons. The number of carbonyl (C=O) groups is 1. The van der Waals surface area contributed by atoms with E-state index in [1.807, 2.05) is 31.1 Å². The van der Waals surface area contributed by atoms with Crippen LogP contribution in [0.1, 0.15) is 15.9 Å². The molecule has 0 saturated carbocycles. The molecule has 5 nitrogen and oxygen atoms in total. The van der Waals surface area contributed by atoms with Crippen molar-refractivity contribution in [1.29, 1.82) is 0 Å². The molecule has 22 heavy (non-hydrogen) atoms. The van der Waals surface area contributed by atoms with E-state index in [0.29, 0.717) is 11.1 Å². The molecule has 112 valence electrons. The van der Waals surface area contributed by atoms with Gasteiger partial charge in [-0.05, 0) is 17.7 Å². The third kappa shape index (κ3) is 3.58. The summed E-state index contributed by atoms with van der Waals surface area (Å²) in [5.74, 6) is -0.595. The zero-order chi connectivity index (χ0) is 16.1. The van der Waals surface area contributed by atoms with Gasteiger partial charge in [0.2, 0.25) is 0 Å². The molecule has 2 aromatic rings. The Morgan fingerprint density at radius 3 is 2.14 bits per heavy atom. The van der Waals surface area contributed by atoms with Crippen molar-refractivity contribution in [1.82, 2.24) is 0 Å². The lowest BCUT2D eigenvalue weighted by Crippen LogP contribution is -2.11. The quantitative estimate of drug-likeness (QED) is 0.368. The molecule has 0 fully saturated rings. The Hall–Kier alpha value is -2.95. The maximum Gasteiger partial charge on any atom is 0.317 e. The number of Topliss-reactive ketones (excluding diaryl/α,β-unsaturated/α-hetero) is 1. The van der Waals surface area contributed by atoms with Crippen LogP contribution in [0.15, 0.2) is 60.3 Å².